The third-order valence-electron chi connectivity index (χ3n) is 5.01. The van der Waals surface area contributed by atoms with Crippen LogP contribution in [-0.4, -0.2) is 42.5 Å². The summed E-state index contributed by atoms with van der Waals surface area (Å²) in [6.45, 7) is 2.30. The average Bonchev–Trinajstić information content (AvgIpc) is 2.80. The molecule has 0 radical (unpaired) electrons. The first-order chi connectivity index (χ1) is 15.0. The highest BCUT2D eigenvalue weighted by Gasteiger charge is 2.16. The lowest BCUT2D eigenvalue weighted by Gasteiger charge is -2.14. The first kappa shape index (κ1) is 22.5. The molecule has 0 amide bonds. The van der Waals surface area contributed by atoms with Crippen LogP contribution in [0.25, 0.3) is 11.1 Å². The lowest BCUT2D eigenvalue weighted by molar-refractivity contribution is 0.0733. The van der Waals surface area contributed by atoms with Gasteiger partial charge >= 0.3 is 5.97 Å². The minimum Gasteiger partial charge on any atom is -0.496 e. The summed E-state index contributed by atoms with van der Waals surface area (Å²) in [7, 11) is 1.54. The van der Waals surface area contributed by atoms with Crippen LogP contribution in [0.5, 0.6) is 11.5 Å². The molecule has 31 heavy (non-hydrogen) atoms. The van der Waals surface area contributed by atoms with E-state index in [1.807, 2.05) is 49.4 Å². The van der Waals surface area contributed by atoms with E-state index in [4.69, 9.17) is 14.6 Å². The molecule has 6 heteroatoms. The summed E-state index contributed by atoms with van der Waals surface area (Å²) in [5, 5.41) is 21.4. The highest BCUT2D eigenvalue weighted by molar-refractivity contribution is 5.94. The lowest BCUT2D eigenvalue weighted by Crippen LogP contribution is -2.29. The molecule has 0 aliphatic carbocycles. The summed E-state index contributed by atoms with van der Waals surface area (Å²) in [6.07, 6.45) is -0.818. The number of nitrogens with one attached hydrogen (secondary N) is 1. The quantitative estimate of drug-likeness (QED) is 0.363. The number of methoxy groups -OCH3 is 1. The van der Waals surface area contributed by atoms with Crippen LogP contribution >= 0.6 is 0 Å². The lowest BCUT2D eigenvalue weighted by atomic mass is 9.96. The molecule has 3 aromatic carbocycles. The topological polar surface area (TPSA) is 88.0 Å². The number of esters is 1. The number of ether oxygens (including phenoxy) is 2. The Kier molecular flexibility index (Phi) is 7.78. The Morgan fingerprint density at radius 1 is 1.06 bits per heavy atom. The fourth-order valence-electron chi connectivity index (χ4n) is 3.32. The second kappa shape index (κ2) is 10.7. The van der Waals surface area contributed by atoms with Crippen LogP contribution in [0.2, 0.25) is 0 Å². The fraction of sp³-hybridized carbons (Fsp3) is 0.240. The van der Waals surface area contributed by atoms with Crippen molar-refractivity contribution in [2.45, 2.75) is 19.6 Å². The molecule has 6 nitrogen and oxygen atoms in total. The fourth-order valence-corrected chi connectivity index (χ4v) is 3.32. The molecule has 0 unspecified atom stereocenters. The average molecular weight is 421 g/mol. The van der Waals surface area contributed by atoms with E-state index in [9.17, 15) is 9.90 Å². The second-order valence-corrected chi connectivity index (χ2v) is 7.17. The molecular weight excluding hydrogens is 394 g/mol. The van der Waals surface area contributed by atoms with E-state index in [1.165, 1.54) is 0 Å². The van der Waals surface area contributed by atoms with Crippen LogP contribution in [-0.2, 0) is 6.54 Å². The molecule has 0 aromatic heterocycles. The first-order valence-corrected chi connectivity index (χ1v) is 10.1. The van der Waals surface area contributed by atoms with Gasteiger partial charge in [-0.3, -0.25) is 0 Å². The molecule has 0 aliphatic heterocycles. The zero-order valence-electron chi connectivity index (χ0n) is 17.7. The summed E-state index contributed by atoms with van der Waals surface area (Å²) < 4.78 is 11.0. The van der Waals surface area contributed by atoms with Crippen LogP contribution in [0.15, 0.2) is 66.7 Å². The molecule has 1 atom stereocenters. The number of hydrogen-bond acceptors (Lipinski definition) is 6. The van der Waals surface area contributed by atoms with Gasteiger partial charge < -0.3 is 25.0 Å². The van der Waals surface area contributed by atoms with Crippen molar-refractivity contribution in [2.75, 3.05) is 20.3 Å². The van der Waals surface area contributed by atoms with Gasteiger partial charge in [0.15, 0.2) is 0 Å². The van der Waals surface area contributed by atoms with Gasteiger partial charge in [0.2, 0.25) is 0 Å². The van der Waals surface area contributed by atoms with E-state index in [-0.39, 0.29) is 13.2 Å². The smallest absolute Gasteiger partial charge is 0.343 e. The van der Waals surface area contributed by atoms with Gasteiger partial charge in [-0.05, 0) is 35.7 Å². The van der Waals surface area contributed by atoms with Gasteiger partial charge in [0.25, 0.3) is 0 Å². The highest BCUT2D eigenvalue weighted by Crippen LogP contribution is 2.28. The number of aliphatic hydroxyl groups excluding tert-OH is 2. The predicted octanol–water partition coefficient (Wildman–Crippen LogP) is 3.33. The van der Waals surface area contributed by atoms with Gasteiger partial charge in [-0.1, -0.05) is 48.5 Å². The van der Waals surface area contributed by atoms with Crippen molar-refractivity contribution >= 4 is 5.97 Å². The van der Waals surface area contributed by atoms with E-state index in [0.29, 0.717) is 23.6 Å². The SMILES string of the molecule is COc1cc(OC(=O)c2cccc(-c3ccccc3)c2C)ccc1CNC[C@H](O)CO. The van der Waals surface area contributed by atoms with Crippen molar-refractivity contribution in [3.05, 3.63) is 83.4 Å². The maximum atomic E-state index is 12.9. The number of rotatable bonds is 9. The van der Waals surface area contributed by atoms with Gasteiger partial charge in [0.1, 0.15) is 11.5 Å². The Balaban J connectivity index is 1.75. The van der Waals surface area contributed by atoms with Gasteiger partial charge in [-0.15, -0.1) is 0 Å². The molecule has 0 spiro atoms. The third-order valence-corrected chi connectivity index (χ3v) is 5.01. The van der Waals surface area contributed by atoms with Crippen molar-refractivity contribution in [1.82, 2.24) is 5.32 Å². The monoisotopic (exact) mass is 421 g/mol. The van der Waals surface area contributed by atoms with Crippen LogP contribution in [0.4, 0.5) is 0 Å². The third kappa shape index (κ3) is 5.70. The molecule has 0 aliphatic rings. The molecule has 3 aromatic rings. The van der Waals surface area contributed by atoms with Gasteiger partial charge in [0, 0.05) is 24.7 Å². The predicted molar refractivity (Wildman–Crippen MR) is 119 cm³/mol. The Morgan fingerprint density at radius 3 is 2.55 bits per heavy atom. The molecule has 3 N–H and O–H groups in total. The summed E-state index contributed by atoms with van der Waals surface area (Å²) in [6, 6.07) is 20.7. The molecule has 162 valence electrons. The Bertz CT molecular complexity index is 1020. The van der Waals surface area contributed by atoms with E-state index in [1.54, 1.807) is 31.4 Å². The van der Waals surface area contributed by atoms with Crippen LogP contribution < -0.4 is 14.8 Å². The molecule has 0 saturated heterocycles. The van der Waals surface area contributed by atoms with Crippen LogP contribution in [0, 0.1) is 6.92 Å². The summed E-state index contributed by atoms with van der Waals surface area (Å²) >= 11 is 0. The van der Waals surface area contributed by atoms with Crippen LogP contribution in [0.1, 0.15) is 21.5 Å². The standard InChI is InChI=1S/C25H27NO5/c1-17-22(18-7-4-3-5-8-18)9-6-10-23(17)25(29)31-21-12-11-19(24(13-21)30-2)14-26-15-20(28)16-27/h3-13,20,26-28H,14-16H2,1-2H3/t20-/m0/s1. The Labute approximate surface area is 182 Å². The Morgan fingerprint density at radius 2 is 1.84 bits per heavy atom. The molecule has 3 rings (SSSR count). The van der Waals surface area contributed by atoms with E-state index < -0.39 is 12.1 Å². The molecule has 0 bridgehead atoms. The largest absolute Gasteiger partial charge is 0.496 e. The van der Waals surface area contributed by atoms with Crippen molar-refractivity contribution in [3.63, 3.8) is 0 Å². The van der Waals surface area contributed by atoms with E-state index in [2.05, 4.69) is 5.32 Å². The van der Waals surface area contributed by atoms with E-state index >= 15 is 0 Å². The zero-order valence-corrected chi connectivity index (χ0v) is 17.7. The van der Waals surface area contributed by atoms with Gasteiger partial charge in [-0.25, -0.2) is 4.79 Å². The van der Waals surface area contributed by atoms with Gasteiger partial charge in [-0.2, -0.15) is 0 Å². The number of hydrogen-bond donors (Lipinski definition) is 3. The molecule has 0 heterocycles. The zero-order chi connectivity index (χ0) is 22.2. The summed E-state index contributed by atoms with van der Waals surface area (Å²) in [5.41, 5.74) is 4.23. The highest BCUT2D eigenvalue weighted by atomic mass is 16.5. The molecule has 0 fully saturated rings. The number of benzene rings is 3. The normalized spacial score (nSPS) is 11.7. The number of aliphatic hydroxyl groups is 2. The second-order valence-electron chi connectivity index (χ2n) is 7.17. The van der Waals surface area contributed by atoms with E-state index in [0.717, 1.165) is 22.3 Å². The minimum absolute atomic E-state index is 0.257. The van der Waals surface area contributed by atoms with Crippen molar-refractivity contribution in [2.24, 2.45) is 0 Å². The van der Waals surface area contributed by atoms with Crippen molar-refractivity contribution in [1.29, 1.82) is 0 Å². The van der Waals surface area contributed by atoms with Gasteiger partial charge in [0.05, 0.1) is 25.4 Å². The Hall–Kier alpha value is -3.19. The molecule has 0 saturated carbocycles. The first-order valence-electron chi connectivity index (χ1n) is 10.1. The van der Waals surface area contributed by atoms with Crippen molar-refractivity contribution < 1.29 is 24.5 Å². The maximum Gasteiger partial charge on any atom is 0.343 e. The molecular formula is C25H27NO5. The summed E-state index contributed by atoms with van der Waals surface area (Å²) in [4.78, 5) is 12.9. The maximum absolute atomic E-state index is 12.9. The number of carbonyl (C=O) groups is 1. The van der Waals surface area contributed by atoms with Crippen LogP contribution in [0.3, 0.4) is 0 Å². The minimum atomic E-state index is -0.818. The van der Waals surface area contributed by atoms with Crippen molar-refractivity contribution in [3.8, 4) is 22.6 Å². The number of carbonyl (C=O) groups excluding carboxylic acids is 1. The summed E-state index contributed by atoms with van der Waals surface area (Å²) in [5.74, 6) is 0.505.